The second-order valence-electron chi connectivity index (χ2n) is 6.71. The number of halogens is 2. The van der Waals surface area contributed by atoms with E-state index in [4.69, 9.17) is 5.73 Å². The van der Waals surface area contributed by atoms with E-state index in [9.17, 15) is 9.18 Å². The van der Waals surface area contributed by atoms with Gasteiger partial charge in [0.1, 0.15) is 5.82 Å². The maximum atomic E-state index is 12.7. The minimum atomic E-state index is -0.224. The van der Waals surface area contributed by atoms with Crippen LogP contribution in [0.2, 0.25) is 0 Å². The van der Waals surface area contributed by atoms with Gasteiger partial charge in [0, 0.05) is 35.9 Å². The second kappa shape index (κ2) is 9.36. The van der Waals surface area contributed by atoms with Crippen molar-refractivity contribution in [3.8, 4) is 0 Å². The number of rotatable bonds is 2. The molecule has 7 nitrogen and oxygen atoms in total. The number of aromatic nitrogens is 4. The molecule has 0 saturated heterocycles. The van der Waals surface area contributed by atoms with Gasteiger partial charge in [-0.15, -0.1) is 11.3 Å². The molecule has 4 heterocycles. The summed E-state index contributed by atoms with van der Waals surface area (Å²) in [6, 6.07) is 8.21. The van der Waals surface area contributed by atoms with E-state index >= 15 is 0 Å². The predicted octanol–water partition coefficient (Wildman–Crippen LogP) is 3.89. The SMILES string of the molecule is Fc1ccc2scnc2c1.N/C=C(/C(=O)N1CCc2nc[nH]c2C1)c1cc(Br)ccn1. The topological polar surface area (TPSA) is 101 Å². The zero-order valence-corrected chi connectivity index (χ0v) is 18.7. The van der Waals surface area contributed by atoms with Crippen molar-refractivity contribution in [2.24, 2.45) is 5.73 Å². The van der Waals surface area contributed by atoms with Crippen LogP contribution in [0.3, 0.4) is 0 Å². The van der Waals surface area contributed by atoms with Gasteiger partial charge in [-0.1, -0.05) is 15.9 Å². The normalized spacial score (nSPS) is 13.5. The Bertz CT molecular complexity index is 1250. The van der Waals surface area contributed by atoms with Gasteiger partial charge in [-0.25, -0.2) is 14.4 Å². The molecule has 0 unspecified atom stereocenters. The highest BCUT2D eigenvalue weighted by atomic mass is 79.9. The molecule has 0 fully saturated rings. The Labute approximate surface area is 190 Å². The molecule has 0 aliphatic carbocycles. The van der Waals surface area contributed by atoms with Crippen molar-refractivity contribution in [3.05, 3.63) is 81.9 Å². The van der Waals surface area contributed by atoms with Crippen LogP contribution >= 0.6 is 27.3 Å². The fraction of sp³-hybridized carbons (Fsp3) is 0.143. The van der Waals surface area contributed by atoms with E-state index in [2.05, 4.69) is 35.9 Å². The number of hydrogen-bond donors (Lipinski definition) is 2. The van der Waals surface area contributed by atoms with E-state index in [-0.39, 0.29) is 11.7 Å². The number of hydrogen-bond acceptors (Lipinski definition) is 6. The zero-order chi connectivity index (χ0) is 21.8. The second-order valence-corrected chi connectivity index (χ2v) is 8.51. The van der Waals surface area contributed by atoms with Crippen LogP contribution < -0.4 is 5.73 Å². The summed E-state index contributed by atoms with van der Waals surface area (Å²) in [6.07, 6.45) is 5.36. The quantitative estimate of drug-likeness (QED) is 0.406. The first-order valence-electron chi connectivity index (χ1n) is 9.38. The maximum Gasteiger partial charge on any atom is 0.257 e. The summed E-state index contributed by atoms with van der Waals surface area (Å²) in [5.74, 6) is -0.346. The first-order valence-corrected chi connectivity index (χ1v) is 11.1. The molecule has 5 rings (SSSR count). The molecule has 0 spiro atoms. The maximum absolute atomic E-state index is 12.7. The van der Waals surface area contributed by atoms with E-state index in [0.29, 0.717) is 24.4 Å². The van der Waals surface area contributed by atoms with Crippen LogP contribution in [0, 0.1) is 5.82 Å². The molecule has 1 aliphatic heterocycles. The lowest BCUT2D eigenvalue weighted by atomic mass is 10.1. The van der Waals surface area contributed by atoms with Crippen LogP contribution in [0.1, 0.15) is 17.1 Å². The van der Waals surface area contributed by atoms with Gasteiger partial charge >= 0.3 is 0 Å². The van der Waals surface area contributed by atoms with Gasteiger partial charge in [0.15, 0.2) is 0 Å². The summed E-state index contributed by atoms with van der Waals surface area (Å²) in [5.41, 5.74) is 11.1. The molecular weight excluding hydrogens is 483 g/mol. The van der Waals surface area contributed by atoms with E-state index in [1.54, 1.807) is 41.1 Å². The summed E-state index contributed by atoms with van der Waals surface area (Å²) in [5, 5.41) is 0. The van der Waals surface area contributed by atoms with Crippen LogP contribution in [-0.2, 0) is 17.8 Å². The van der Waals surface area contributed by atoms with Gasteiger partial charge in [0.05, 0.1) is 51.3 Å². The average Bonchev–Trinajstić information content (AvgIpc) is 3.43. The fourth-order valence-corrected chi connectivity index (χ4v) is 4.20. The van der Waals surface area contributed by atoms with Gasteiger partial charge in [-0.2, -0.15) is 0 Å². The third-order valence-electron chi connectivity index (χ3n) is 4.75. The number of carbonyl (C=O) groups excluding carboxylic acids is 1. The van der Waals surface area contributed by atoms with Crippen LogP contribution in [0.25, 0.3) is 15.8 Å². The Morgan fingerprint density at radius 3 is 2.94 bits per heavy atom. The van der Waals surface area contributed by atoms with E-state index in [1.165, 1.54) is 29.7 Å². The van der Waals surface area contributed by atoms with Gasteiger partial charge in [0.2, 0.25) is 0 Å². The Kier molecular flexibility index (Phi) is 6.38. The molecule has 1 amide bonds. The van der Waals surface area contributed by atoms with Crippen molar-refractivity contribution in [3.63, 3.8) is 0 Å². The number of carbonyl (C=O) groups is 1. The highest BCUT2D eigenvalue weighted by Gasteiger charge is 2.25. The van der Waals surface area contributed by atoms with E-state index in [1.807, 2.05) is 0 Å². The lowest BCUT2D eigenvalue weighted by molar-refractivity contribution is -0.126. The van der Waals surface area contributed by atoms with Crippen LogP contribution in [-0.4, -0.2) is 37.3 Å². The molecule has 0 bridgehead atoms. The number of nitrogens with two attached hydrogens (primary N) is 1. The molecule has 1 aromatic carbocycles. The van der Waals surface area contributed by atoms with Crippen molar-refractivity contribution >= 4 is 49.0 Å². The summed E-state index contributed by atoms with van der Waals surface area (Å²) >= 11 is 4.89. The van der Waals surface area contributed by atoms with Crippen molar-refractivity contribution in [2.45, 2.75) is 13.0 Å². The number of pyridine rings is 1. The van der Waals surface area contributed by atoms with Gasteiger partial charge in [-0.3, -0.25) is 9.78 Å². The number of nitrogens with zero attached hydrogens (tertiary/aromatic N) is 4. The molecule has 3 aromatic heterocycles. The van der Waals surface area contributed by atoms with Crippen LogP contribution in [0.4, 0.5) is 4.39 Å². The Morgan fingerprint density at radius 1 is 1.26 bits per heavy atom. The lowest BCUT2D eigenvalue weighted by Crippen LogP contribution is -2.36. The molecule has 1 aliphatic rings. The highest BCUT2D eigenvalue weighted by Crippen LogP contribution is 2.22. The summed E-state index contributed by atoms with van der Waals surface area (Å²) in [6.45, 7) is 1.14. The van der Waals surface area contributed by atoms with Crippen molar-refractivity contribution in [1.29, 1.82) is 0 Å². The Hall–Kier alpha value is -3.11. The van der Waals surface area contributed by atoms with Gasteiger partial charge < -0.3 is 15.6 Å². The first kappa shape index (κ1) is 21.1. The van der Waals surface area contributed by atoms with Crippen molar-refractivity contribution in [1.82, 2.24) is 24.8 Å². The third kappa shape index (κ3) is 4.80. The van der Waals surface area contributed by atoms with Crippen LogP contribution in [0.5, 0.6) is 0 Å². The number of amides is 1. The number of thiazole rings is 1. The predicted molar refractivity (Wildman–Crippen MR) is 121 cm³/mol. The number of nitrogens with one attached hydrogen (secondary N) is 1. The molecule has 0 saturated carbocycles. The number of aromatic amines is 1. The standard InChI is InChI=1S/C14H14BrN5O.C7H4FNS/c15-9-1-3-17-12(5-9)10(6-16)14(21)20-4-2-11-13(7-20)19-8-18-11;8-5-1-2-7-6(3-5)9-4-10-7/h1,3,5-6,8H,2,4,7,16H2,(H,18,19);1-4H/b10-6+;. The molecule has 10 heteroatoms. The highest BCUT2D eigenvalue weighted by molar-refractivity contribution is 9.10. The number of H-pyrrole nitrogens is 1. The van der Waals surface area contributed by atoms with Crippen molar-refractivity contribution in [2.75, 3.05) is 6.54 Å². The summed E-state index contributed by atoms with van der Waals surface area (Å²) in [4.78, 5) is 29.9. The minimum absolute atomic E-state index is 0.122. The smallest absolute Gasteiger partial charge is 0.257 e. The van der Waals surface area contributed by atoms with Crippen LogP contribution in [0.15, 0.2) is 59.0 Å². The summed E-state index contributed by atoms with van der Waals surface area (Å²) in [7, 11) is 0. The minimum Gasteiger partial charge on any atom is -0.404 e. The third-order valence-corrected chi connectivity index (χ3v) is 6.05. The Balaban J connectivity index is 0.000000192. The molecule has 0 atom stereocenters. The number of imidazole rings is 1. The largest absolute Gasteiger partial charge is 0.404 e. The lowest BCUT2D eigenvalue weighted by Gasteiger charge is -2.27. The fourth-order valence-electron chi connectivity index (χ4n) is 3.21. The summed E-state index contributed by atoms with van der Waals surface area (Å²) < 4.78 is 14.4. The molecule has 4 aromatic rings. The van der Waals surface area contributed by atoms with E-state index in [0.717, 1.165) is 32.5 Å². The molecule has 158 valence electrons. The number of benzene rings is 1. The van der Waals surface area contributed by atoms with Gasteiger partial charge in [0.25, 0.3) is 5.91 Å². The monoisotopic (exact) mass is 500 g/mol. The average molecular weight is 501 g/mol. The molecular formula is C21H18BrFN6OS. The molecule has 31 heavy (non-hydrogen) atoms. The zero-order valence-electron chi connectivity index (χ0n) is 16.3. The molecule has 0 radical (unpaired) electrons. The molecule has 3 N–H and O–H groups in total. The van der Waals surface area contributed by atoms with Crippen molar-refractivity contribution < 1.29 is 9.18 Å². The van der Waals surface area contributed by atoms with Gasteiger partial charge in [-0.05, 0) is 24.3 Å². The Morgan fingerprint density at radius 2 is 2.13 bits per heavy atom. The number of fused-ring (bicyclic) bond motifs is 2. The first-order chi connectivity index (χ1) is 15.0. The van der Waals surface area contributed by atoms with E-state index < -0.39 is 0 Å².